The molecule has 3 heterocycles. The summed E-state index contributed by atoms with van der Waals surface area (Å²) in [5.74, 6) is 1.67. The molecule has 1 saturated heterocycles. The molecular weight excluding hydrogens is 468 g/mol. The van der Waals surface area contributed by atoms with E-state index in [0.29, 0.717) is 6.61 Å². The zero-order valence-electron chi connectivity index (χ0n) is 21.8. The first-order valence-electron chi connectivity index (χ1n) is 13.7. The average molecular weight is 503 g/mol. The summed E-state index contributed by atoms with van der Waals surface area (Å²) in [6, 6.07) is 33.5. The molecule has 0 aliphatic carbocycles. The first-order chi connectivity index (χ1) is 18.8. The van der Waals surface area contributed by atoms with Gasteiger partial charge in [0.05, 0.1) is 5.69 Å². The van der Waals surface area contributed by atoms with Crippen LogP contribution in [0.3, 0.4) is 0 Å². The van der Waals surface area contributed by atoms with Crippen LogP contribution in [0.2, 0.25) is 0 Å². The van der Waals surface area contributed by atoms with Crippen molar-refractivity contribution in [3.8, 4) is 17.0 Å². The molecule has 3 aromatic carbocycles. The highest BCUT2D eigenvalue weighted by atomic mass is 16.5. The minimum atomic E-state index is 0.541. The summed E-state index contributed by atoms with van der Waals surface area (Å²) in [4.78, 5) is 7.41. The summed E-state index contributed by atoms with van der Waals surface area (Å²) >= 11 is 0. The number of hydrogen-bond acceptors (Lipinski definition) is 4. The van der Waals surface area contributed by atoms with E-state index in [9.17, 15) is 0 Å². The summed E-state index contributed by atoms with van der Waals surface area (Å²) in [5.41, 5.74) is 6.70. The average Bonchev–Trinajstić information content (AvgIpc) is 3.63. The third-order valence-corrected chi connectivity index (χ3v) is 7.31. The lowest BCUT2D eigenvalue weighted by atomic mass is 10.1. The summed E-state index contributed by atoms with van der Waals surface area (Å²) in [5, 5.41) is 4.88. The first-order valence-corrected chi connectivity index (χ1v) is 13.7. The number of benzene rings is 3. The van der Waals surface area contributed by atoms with Gasteiger partial charge in [0.25, 0.3) is 0 Å². The number of ether oxygens (including phenoxy) is 1. The van der Waals surface area contributed by atoms with Gasteiger partial charge in [-0.25, -0.2) is 9.50 Å². The molecule has 5 heteroatoms. The van der Waals surface area contributed by atoms with E-state index in [2.05, 4.69) is 59.5 Å². The maximum atomic E-state index is 6.06. The van der Waals surface area contributed by atoms with E-state index in [1.807, 2.05) is 47.0 Å². The first kappa shape index (κ1) is 24.4. The number of pyridine rings is 1. The molecule has 38 heavy (non-hydrogen) atoms. The Balaban J connectivity index is 1.13. The molecule has 0 N–H and O–H groups in total. The molecule has 0 amide bonds. The van der Waals surface area contributed by atoms with E-state index in [1.165, 1.54) is 50.0 Å². The number of likely N-dealkylation sites (tertiary alicyclic amines) is 1. The third kappa shape index (κ3) is 5.95. The van der Waals surface area contributed by atoms with Gasteiger partial charge in [0.1, 0.15) is 12.4 Å². The molecule has 0 radical (unpaired) electrons. The number of fused-ring (bicyclic) bond motifs is 1. The molecule has 5 aromatic rings. The Morgan fingerprint density at radius 2 is 1.53 bits per heavy atom. The molecule has 5 nitrogen and oxygen atoms in total. The largest absolute Gasteiger partial charge is 0.489 e. The summed E-state index contributed by atoms with van der Waals surface area (Å²) in [6.45, 7) is 4.32. The van der Waals surface area contributed by atoms with Crippen LogP contribution < -0.4 is 4.74 Å². The smallest absolute Gasteiger partial charge is 0.156 e. The minimum Gasteiger partial charge on any atom is -0.489 e. The highest BCUT2D eigenvalue weighted by Gasteiger charge is 2.12. The van der Waals surface area contributed by atoms with Crippen LogP contribution in [0, 0.1) is 0 Å². The molecule has 1 aliphatic heterocycles. The summed E-state index contributed by atoms with van der Waals surface area (Å²) in [7, 11) is 0. The highest BCUT2D eigenvalue weighted by Crippen LogP contribution is 2.25. The lowest BCUT2D eigenvalue weighted by molar-refractivity contribution is 0.306. The Labute approximate surface area is 224 Å². The number of rotatable bonds is 10. The van der Waals surface area contributed by atoms with Crippen molar-refractivity contribution in [3.05, 3.63) is 120 Å². The van der Waals surface area contributed by atoms with E-state index in [0.717, 1.165) is 46.9 Å². The molecule has 0 atom stereocenters. The van der Waals surface area contributed by atoms with Gasteiger partial charge >= 0.3 is 0 Å². The van der Waals surface area contributed by atoms with Crippen molar-refractivity contribution in [2.45, 2.75) is 38.7 Å². The van der Waals surface area contributed by atoms with Gasteiger partial charge in [-0.3, -0.25) is 0 Å². The quantitative estimate of drug-likeness (QED) is 0.216. The molecule has 2 aromatic heterocycles. The third-order valence-electron chi connectivity index (χ3n) is 7.31. The van der Waals surface area contributed by atoms with Gasteiger partial charge in [-0.2, -0.15) is 5.10 Å². The van der Waals surface area contributed by atoms with Crippen molar-refractivity contribution in [1.29, 1.82) is 0 Å². The van der Waals surface area contributed by atoms with Gasteiger partial charge < -0.3 is 9.64 Å². The number of aryl methyl sites for hydroxylation is 1. The monoisotopic (exact) mass is 502 g/mol. The molecule has 6 rings (SSSR count). The fourth-order valence-electron chi connectivity index (χ4n) is 5.25. The van der Waals surface area contributed by atoms with Crippen LogP contribution in [0.5, 0.6) is 5.75 Å². The van der Waals surface area contributed by atoms with Crippen LogP contribution in [-0.2, 0) is 19.4 Å². The maximum absolute atomic E-state index is 6.06. The van der Waals surface area contributed by atoms with Gasteiger partial charge in [0, 0.05) is 12.0 Å². The lowest BCUT2D eigenvalue weighted by Crippen LogP contribution is -2.20. The molecule has 0 saturated carbocycles. The van der Waals surface area contributed by atoms with E-state index >= 15 is 0 Å². The van der Waals surface area contributed by atoms with Crippen molar-refractivity contribution < 1.29 is 4.74 Å². The van der Waals surface area contributed by atoms with Crippen LogP contribution >= 0.6 is 0 Å². The number of aromatic nitrogens is 3. The van der Waals surface area contributed by atoms with Crippen LogP contribution in [-0.4, -0.2) is 39.1 Å². The van der Waals surface area contributed by atoms with Crippen molar-refractivity contribution in [2.75, 3.05) is 19.6 Å². The molecule has 1 aliphatic rings. The number of nitrogens with zero attached hydrogens (tertiary/aromatic N) is 4. The molecule has 0 spiro atoms. The van der Waals surface area contributed by atoms with Crippen LogP contribution in [0.1, 0.15) is 41.8 Å². The zero-order valence-corrected chi connectivity index (χ0v) is 21.8. The van der Waals surface area contributed by atoms with Gasteiger partial charge in [-0.05, 0) is 86.3 Å². The molecule has 0 unspecified atom stereocenters. The summed E-state index contributed by atoms with van der Waals surface area (Å²) in [6.07, 6.45) is 5.82. The summed E-state index contributed by atoms with van der Waals surface area (Å²) < 4.78 is 8.01. The second-order valence-electron chi connectivity index (χ2n) is 10.2. The van der Waals surface area contributed by atoms with E-state index in [-0.39, 0.29) is 0 Å². The van der Waals surface area contributed by atoms with Gasteiger partial charge in [0.2, 0.25) is 0 Å². The van der Waals surface area contributed by atoms with Crippen LogP contribution in [0.25, 0.3) is 16.9 Å². The molecular formula is C33H34N4O. The Kier molecular flexibility index (Phi) is 7.45. The second-order valence-corrected chi connectivity index (χ2v) is 10.2. The molecule has 0 bridgehead atoms. The predicted molar refractivity (Wildman–Crippen MR) is 152 cm³/mol. The Bertz CT molecular complexity index is 1470. The Morgan fingerprint density at radius 3 is 2.37 bits per heavy atom. The van der Waals surface area contributed by atoms with Crippen molar-refractivity contribution in [3.63, 3.8) is 0 Å². The normalized spacial score (nSPS) is 13.8. The Hall–Kier alpha value is -3.96. The Morgan fingerprint density at radius 1 is 0.737 bits per heavy atom. The topological polar surface area (TPSA) is 42.7 Å². The highest BCUT2D eigenvalue weighted by molar-refractivity contribution is 5.64. The van der Waals surface area contributed by atoms with Gasteiger partial charge in [-0.1, -0.05) is 72.8 Å². The van der Waals surface area contributed by atoms with E-state index in [4.69, 9.17) is 14.8 Å². The maximum Gasteiger partial charge on any atom is 0.156 e. The van der Waals surface area contributed by atoms with E-state index in [1.54, 1.807) is 0 Å². The fourth-order valence-corrected chi connectivity index (χ4v) is 5.25. The molecule has 1 fully saturated rings. The molecule has 192 valence electrons. The zero-order chi connectivity index (χ0) is 25.6. The van der Waals surface area contributed by atoms with Crippen LogP contribution in [0.15, 0.2) is 97.1 Å². The lowest BCUT2D eigenvalue weighted by Gasteiger charge is -2.13. The van der Waals surface area contributed by atoms with E-state index < -0.39 is 0 Å². The minimum absolute atomic E-state index is 0.541. The van der Waals surface area contributed by atoms with Crippen molar-refractivity contribution in [2.24, 2.45) is 0 Å². The van der Waals surface area contributed by atoms with Gasteiger partial charge in [-0.15, -0.1) is 0 Å². The van der Waals surface area contributed by atoms with Crippen molar-refractivity contribution in [1.82, 2.24) is 19.5 Å². The van der Waals surface area contributed by atoms with Crippen molar-refractivity contribution >= 4 is 5.65 Å². The standard InChI is InChI=1S/C33H34N4O/c1-2-9-28(10-3-1)25-38-30-13-6-12-29(24-30)31-14-7-15-33-34-32(35-37(31)33)23-27-18-16-26(17-19-27)11-8-22-36-20-4-5-21-36/h1-3,6-7,9-10,12-19,24H,4-5,8,11,20-23,25H2. The van der Waals surface area contributed by atoms with Gasteiger partial charge in [0.15, 0.2) is 11.5 Å². The fraction of sp³-hybridized carbons (Fsp3) is 0.273. The second kappa shape index (κ2) is 11.6. The predicted octanol–water partition coefficient (Wildman–Crippen LogP) is 6.59. The number of hydrogen-bond donors (Lipinski definition) is 0. The SMILES string of the molecule is c1ccc(COc2cccc(-c3cccc4nc(Cc5ccc(CCCN6CCCC6)cc5)nn34)c2)cc1. The van der Waals surface area contributed by atoms with Crippen LogP contribution in [0.4, 0.5) is 0 Å².